The first-order chi connectivity index (χ1) is 9.25. The molecule has 0 aliphatic heterocycles. The molecule has 0 aliphatic rings. The standard InChI is InChI=1S/C14H16N4O/c1-10-13(11(2)19-17-10)9-15-7-12-8-16-18-6-4-3-5-14(12)18/h3-6,8,15H,7,9H2,1-2H3. The summed E-state index contributed by atoms with van der Waals surface area (Å²) in [7, 11) is 0. The minimum Gasteiger partial charge on any atom is -0.361 e. The molecule has 0 aromatic carbocycles. The molecule has 0 bridgehead atoms. The van der Waals surface area contributed by atoms with Crippen molar-refractivity contribution >= 4 is 5.52 Å². The summed E-state index contributed by atoms with van der Waals surface area (Å²) in [6.07, 6.45) is 3.85. The van der Waals surface area contributed by atoms with Gasteiger partial charge in [-0.15, -0.1) is 0 Å². The molecule has 98 valence electrons. The fraction of sp³-hybridized carbons (Fsp3) is 0.286. The normalized spacial score (nSPS) is 11.3. The third kappa shape index (κ3) is 2.24. The Balaban J connectivity index is 1.70. The highest BCUT2D eigenvalue weighted by Crippen LogP contribution is 2.13. The first-order valence-corrected chi connectivity index (χ1v) is 6.29. The number of hydrogen-bond donors (Lipinski definition) is 1. The van der Waals surface area contributed by atoms with Crippen molar-refractivity contribution in [2.45, 2.75) is 26.9 Å². The van der Waals surface area contributed by atoms with Gasteiger partial charge in [0.25, 0.3) is 0 Å². The van der Waals surface area contributed by atoms with Gasteiger partial charge in [-0.3, -0.25) is 0 Å². The molecule has 5 heteroatoms. The summed E-state index contributed by atoms with van der Waals surface area (Å²) < 4.78 is 7.03. The first-order valence-electron chi connectivity index (χ1n) is 6.29. The SMILES string of the molecule is Cc1noc(C)c1CNCc1cnn2ccccc12. The summed E-state index contributed by atoms with van der Waals surface area (Å²) in [6, 6.07) is 6.07. The Kier molecular flexibility index (Phi) is 3.05. The lowest BCUT2D eigenvalue weighted by Gasteiger charge is -2.03. The number of fused-ring (bicyclic) bond motifs is 1. The molecule has 0 radical (unpaired) electrons. The smallest absolute Gasteiger partial charge is 0.138 e. The number of aryl methyl sites for hydroxylation is 2. The Bertz CT molecular complexity index is 679. The summed E-state index contributed by atoms with van der Waals surface area (Å²) in [6.45, 7) is 5.43. The second kappa shape index (κ2) is 4.85. The lowest BCUT2D eigenvalue weighted by atomic mass is 10.2. The minimum absolute atomic E-state index is 0.755. The molecular formula is C14H16N4O. The predicted octanol–water partition coefficient (Wildman–Crippen LogP) is 2.23. The van der Waals surface area contributed by atoms with Crippen LogP contribution in [-0.4, -0.2) is 14.8 Å². The number of rotatable bonds is 4. The van der Waals surface area contributed by atoms with E-state index in [2.05, 4.69) is 21.6 Å². The van der Waals surface area contributed by atoms with Crippen LogP contribution in [0.3, 0.4) is 0 Å². The molecule has 0 spiro atoms. The Hall–Kier alpha value is -2.14. The zero-order valence-electron chi connectivity index (χ0n) is 11.1. The van der Waals surface area contributed by atoms with E-state index in [1.54, 1.807) is 0 Å². The van der Waals surface area contributed by atoms with Crippen molar-refractivity contribution < 1.29 is 4.52 Å². The second-order valence-corrected chi connectivity index (χ2v) is 4.61. The van der Waals surface area contributed by atoms with E-state index in [1.165, 1.54) is 5.56 Å². The molecule has 0 unspecified atom stereocenters. The molecule has 0 amide bonds. The highest BCUT2D eigenvalue weighted by Gasteiger charge is 2.09. The van der Waals surface area contributed by atoms with Gasteiger partial charge in [-0.1, -0.05) is 11.2 Å². The molecule has 5 nitrogen and oxygen atoms in total. The van der Waals surface area contributed by atoms with Crippen molar-refractivity contribution in [2.75, 3.05) is 0 Å². The van der Waals surface area contributed by atoms with Crippen molar-refractivity contribution in [3.8, 4) is 0 Å². The first kappa shape index (κ1) is 11.9. The zero-order chi connectivity index (χ0) is 13.2. The van der Waals surface area contributed by atoms with Crippen LogP contribution in [0.15, 0.2) is 35.1 Å². The van der Waals surface area contributed by atoms with E-state index in [9.17, 15) is 0 Å². The Morgan fingerprint density at radius 1 is 1.26 bits per heavy atom. The lowest BCUT2D eigenvalue weighted by molar-refractivity contribution is 0.392. The maximum absolute atomic E-state index is 5.15. The van der Waals surface area contributed by atoms with Gasteiger partial charge in [-0.05, 0) is 26.0 Å². The molecule has 3 rings (SSSR count). The highest BCUT2D eigenvalue weighted by molar-refractivity contribution is 5.53. The number of pyridine rings is 1. The largest absolute Gasteiger partial charge is 0.361 e. The Morgan fingerprint density at radius 3 is 2.95 bits per heavy atom. The molecule has 0 fully saturated rings. The molecule has 3 heterocycles. The van der Waals surface area contributed by atoms with Crippen LogP contribution >= 0.6 is 0 Å². The molecule has 0 saturated carbocycles. The fourth-order valence-corrected chi connectivity index (χ4v) is 2.20. The number of aromatic nitrogens is 3. The molecule has 1 N–H and O–H groups in total. The van der Waals surface area contributed by atoms with Crippen molar-refractivity contribution in [2.24, 2.45) is 0 Å². The van der Waals surface area contributed by atoms with Gasteiger partial charge in [-0.2, -0.15) is 5.10 Å². The van der Waals surface area contributed by atoms with E-state index >= 15 is 0 Å². The molecule has 3 aromatic heterocycles. The van der Waals surface area contributed by atoms with E-state index in [-0.39, 0.29) is 0 Å². The van der Waals surface area contributed by atoms with E-state index in [4.69, 9.17) is 4.52 Å². The van der Waals surface area contributed by atoms with Crippen LogP contribution in [0.1, 0.15) is 22.6 Å². The molecule has 0 saturated heterocycles. The van der Waals surface area contributed by atoms with Gasteiger partial charge >= 0.3 is 0 Å². The third-order valence-electron chi connectivity index (χ3n) is 3.30. The summed E-state index contributed by atoms with van der Waals surface area (Å²) in [5.41, 5.74) is 4.41. The van der Waals surface area contributed by atoms with Gasteiger partial charge in [0, 0.05) is 30.4 Å². The molecule has 0 atom stereocenters. The van der Waals surface area contributed by atoms with Crippen LogP contribution in [0.25, 0.3) is 5.52 Å². The summed E-state index contributed by atoms with van der Waals surface area (Å²) in [5.74, 6) is 0.880. The molecule has 19 heavy (non-hydrogen) atoms. The van der Waals surface area contributed by atoms with Gasteiger partial charge < -0.3 is 9.84 Å². The summed E-state index contributed by atoms with van der Waals surface area (Å²) >= 11 is 0. The van der Waals surface area contributed by atoms with Crippen molar-refractivity contribution in [1.82, 2.24) is 20.1 Å². The van der Waals surface area contributed by atoms with E-state index in [0.717, 1.165) is 35.6 Å². The van der Waals surface area contributed by atoms with Crippen LogP contribution in [0.4, 0.5) is 0 Å². The average Bonchev–Trinajstić information content (AvgIpc) is 2.97. The zero-order valence-corrected chi connectivity index (χ0v) is 11.1. The van der Waals surface area contributed by atoms with E-state index in [0.29, 0.717) is 0 Å². The monoisotopic (exact) mass is 256 g/mol. The number of nitrogens with zero attached hydrogens (tertiary/aromatic N) is 3. The topological polar surface area (TPSA) is 55.4 Å². The van der Waals surface area contributed by atoms with Crippen LogP contribution in [0.2, 0.25) is 0 Å². The van der Waals surface area contributed by atoms with E-state index < -0.39 is 0 Å². The summed E-state index contributed by atoms with van der Waals surface area (Å²) in [5, 5.41) is 11.7. The average molecular weight is 256 g/mol. The van der Waals surface area contributed by atoms with Crippen LogP contribution in [-0.2, 0) is 13.1 Å². The highest BCUT2D eigenvalue weighted by atomic mass is 16.5. The molecule has 0 aliphatic carbocycles. The van der Waals surface area contributed by atoms with Crippen LogP contribution in [0.5, 0.6) is 0 Å². The van der Waals surface area contributed by atoms with Crippen molar-refractivity contribution in [3.63, 3.8) is 0 Å². The van der Waals surface area contributed by atoms with Gasteiger partial charge in [0.2, 0.25) is 0 Å². The molecule has 3 aromatic rings. The van der Waals surface area contributed by atoms with Gasteiger partial charge in [0.15, 0.2) is 0 Å². The fourth-order valence-electron chi connectivity index (χ4n) is 2.20. The number of nitrogens with one attached hydrogen (secondary N) is 1. The lowest BCUT2D eigenvalue weighted by Crippen LogP contribution is -2.13. The number of hydrogen-bond acceptors (Lipinski definition) is 4. The quantitative estimate of drug-likeness (QED) is 0.777. The third-order valence-corrected chi connectivity index (χ3v) is 3.30. The van der Waals surface area contributed by atoms with Crippen LogP contribution < -0.4 is 5.32 Å². The van der Waals surface area contributed by atoms with E-state index in [1.807, 2.05) is 42.9 Å². The predicted molar refractivity (Wildman–Crippen MR) is 71.7 cm³/mol. The summed E-state index contributed by atoms with van der Waals surface area (Å²) in [4.78, 5) is 0. The van der Waals surface area contributed by atoms with Crippen LogP contribution in [0, 0.1) is 13.8 Å². The Morgan fingerprint density at radius 2 is 2.16 bits per heavy atom. The van der Waals surface area contributed by atoms with Gasteiger partial charge in [-0.25, -0.2) is 4.52 Å². The van der Waals surface area contributed by atoms with Crippen molar-refractivity contribution in [1.29, 1.82) is 0 Å². The van der Waals surface area contributed by atoms with Gasteiger partial charge in [0.05, 0.1) is 17.4 Å². The maximum atomic E-state index is 5.15. The minimum atomic E-state index is 0.755. The Labute approximate surface area is 111 Å². The van der Waals surface area contributed by atoms with Gasteiger partial charge in [0.1, 0.15) is 5.76 Å². The maximum Gasteiger partial charge on any atom is 0.138 e. The second-order valence-electron chi connectivity index (χ2n) is 4.61. The van der Waals surface area contributed by atoms with Crippen molar-refractivity contribution in [3.05, 3.63) is 53.2 Å². The molecular weight excluding hydrogens is 240 g/mol.